The smallest absolute Gasteiger partial charge is 0.175 e. The molecular formula is C22H20N4O3S. The molecule has 1 aromatic heterocycles. The van der Waals surface area contributed by atoms with E-state index in [1.807, 2.05) is 24.3 Å². The quantitative estimate of drug-likeness (QED) is 0.610. The van der Waals surface area contributed by atoms with Gasteiger partial charge in [0.05, 0.1) is 28.7 Å². The SMILES string of the molecule is COc1ccc2nc(C3=C(C=N)N=CC(c4ccc(S(C)(=O)=O)cc4)=CC3)[nH]c2c1. The van der Waals surface area contributed by atoms with Crippen molar-refractivity contribution in [3.05, 3.63) is 65.6 Å². The van der Waals surface area contributed by atoms with E-state index in [0.29, 0.717) is 17.9 Å². The second kappa shape index (κ2) is 7.72. The number of rotatable bonds is 5. The first-order valence-electron chi connectivity index (χ1n) is 9.21. The monoisotopic (exact) mass is 420 g/mol. The largest absolute Gasteiger partial charge is 0.497 e. The summed E-state index contributed by atoms with van der Waals surface area (Å²) >= 11 is 0. The number of fused-ring (bicyclic) bond motifs is 1. The van der Waals surface area contributed by atoms with Gasteiger partial charge in [0.25, 0.3) is 0 Å². The molecule has 0 radical (unpaired) electrons. The molecule has 2 N–H and O–H groups in total. The molecular weight excluding hydrogens is 400 g/mol. The molecule has 0 bridgehead atoms. The van der Waals surface area contributed by atoms with Crippen LogP contribution < -0.4 is 4.74 Å². The van der Waals surface area contributed by atoms with Gasteiger partial charge < -0.3 is 15.1 Å². The van der Waals surface area contributed by atoms with E-state index >= 15 is 0 Å². The van der Waals surface area contributed by atoms with Crippen LogP contribution in [0, 0.1) is 5.41 Å². The van der Waals surface area contributed by atoms with Crippen molar-refractivity contribution in [1.29, 1.82) is 5.41 Å². The third kappa shape index (κ3) is 3.81. The molecule has 0 amide bonds. The number of aromatic amines is 1. The summed E-state index contributed by atoms with van der Waals surface area (Å²) in [4.78, 5) is 12.7. The molecule has 3 aromatic rings. The summed E-state index contributed by atoms with van der Waals surface area (Å²) in [7, 11) is -1.63. The van der Waals surface area contributed by atoms with Crippen molar-refractivity contribution in [2.45, 2.75) is 11.3 Å². The van der Waals surface area contributed by atoms with E-state index in [2.05, 4.69) is 15.0 Å². The van der Waals surface area contributed by atoms with Crippen LogP contribution in [-0.2, 0) is 9.84 Å². The maximum atomic E-state index is 11.7. The van der Waals surface area contributed by atoms with E-state index in [4.69, 9.17) is 10.1 Å². The fraction of sp³-hybridized carbons (Fsp3) is 0.136. The first-order chi connectivity index (χ1) is 14.4. The molecule has 1 aliphatic rings. The number of H-pyrrole nitrogens is 1. The van der Waals surface area contributed by atoms with Gasteiger partial charge in [0.1, 0.15) is 11.6 Å². The highest BCUT2D eigenvalue weighted by Crippen LogP contribution is 2.29. The fourth-order valence-electron chi connectivity index (χ4n) is 3.27. The lowest BCUT2D eigenvalue weighted by Gasteiger charge is -2.04. The number of ether oxygens (including phenoxy) is 1. The molecule has 2 heterocycles. The molecule has 152 valence electrons. The van der Waals surface area contributed by atoms with Crippen LogP contribution in [0.25, 0.3) is 22.2 Å². The number of nitrogens with zero attached hydrogens (tertiary/aromatic N) is 2. The molecule has 2 aromatic carbocycles. The predicted molar refractivity (Wildman–Crippen MR) is 119 cm³/mol. The van der Waals surface area contributed by atoms with E-state index in [9.17, 15) is 8.42 Å². The number of aliphatic imine (C=N–C) groups is 1. The highest BCUT2D eigenvalue weighted by atomic mass is 32.2. The van der Waals surface area contributed by atoms with Crippen molar-refractivity contribution in [2.24, 2.45) is 4.99 Å². The summed E-state index contributed by atoms with van der Waals surface area (Å²) in [6, 6.07) is 12.3. The minimum atomic E-state index is -3.25. The summed E-state index contributed by atoms with van der Waals surface area (Å²) in [5.41, 5.74) is 4.67. The zero-order chi connectivity index (χ0) is 21.3. The van der Waals surface area contributed by atoms with Crippen LogP contribution in [0.5, 0.6) is 5.75 Å². The van der Waals surface area contributed by atoms with Gasteiger partial charge in [0.15, 0.2) is 9.84 Å². The third-order valence-corrected chi connectivity index (χ3v) is 6.03. The highest BCUT2D eigenvalue weighted by molar-refractivity contribution is 7.90. The van der Waals surface area contributed by atoms with Crippen LogP contribution in [0.15, 0.2) is 64.1 Å². The first kappa shape index (κ1) is 19.8. The van der Waals surface area contributed by atoms with Crippen LogP contribution in [0.1, 0.15) is 17.8 Å². The second-order valence-corrected chi connectivity index (χ2v) is 8.91. The minimum Gasteiger partial charge on any atom is -0.497 e. The van der Waals surface area contributed by atoms with E-state index in [0.717, 1.165) is 33.5 Å². The number of hydrogen-bond donors (Lipinski definition) is 2. The van der Waals surface area contributed by atoms with Crippen LogP contribution >= 0.6 is 0 Å². The predicted octanol–water partition coefficient (Wildman–Crippen LogP) is 3.89. The Balaban J connectivity index is 1.69. The Morgan fingerprint density at radius 2 is 1.93 bits per heavy atom. The molecule has 1 aliphatic heterocycles. The van der Waals surface area contributed by atoms with Gasteiger partial charge in [-0.25, -0.2) is 13.4 Å². The molecule has 8 heteroatoms. The summed E-state index contributed by atoms with van der Waals surface area (Å²) in [6.45, 7) is 0. The Kier molecular flexibility index (Phi) is 5.09. The number of allylic oxidation sites excluding steroid dienone is 4. The van der Waals surface area contributed by atoms with Crippen molar-refractivity contribution in [3.63, 3.8) is 0 Å². The van der Waals surface area contributed by atoms with Gasteiger partial charge in [0.2, 0.25) is 0 Å². The number of benzene rings is 2. The normalized spacial score (nSPS) is 14.5. The van der Waals surface area contributed by atoms with Crippen molar-refractivity contribution >= 4 is 44.4 Å². The minimum absolute atomic E-state index is 0.272. The van der Waals surface area contributed by atoms with E-state index in [1.54, 1.807) is 37.6 Å². The number of aromatic nitrogens is 2. The lowest BCUT2D eigenvalue weighted by atomic mass is 10.0. The van der Waals surface area contributed by atoms with Gasteiger partial charge >= 0.3 is 0 Å². The lowest BCUT2D eigenvalue weighted by Crippen LogP contribution is -1.97. The zero-order valence-corrected chi connectivity index (χ0v) is 17.3. The van der Waals surface area contributed by atoms with E-state index in [1.165, 1.54) is 12.5 Å². The van der Waals surface area contributed by atoms with Crippen LogP contribution in [-0.4, -0.2) is 44.2 Å². The Bertz CT molecular complexity index is 1330. The summed E-state index contributed by atoms with van der Waals surface area (Å²) in [5.74, 6) is 1.39. The molecule has 4 rings (SSSR count). The van der Waals surface area contributed by atoms with Gasteiger partial charge in [-0.2, -0.15) is 0 Å². The van der Waals surface area contributed by atoms with E-state index in [-0.39, 0.29) is 4.90 Å². The highest BCUT2D eigenvalue weighted by Gasteiger charge is 2.15. The molecule has 0 fully saturated rings. The summed E-state index contributed by atoms with van der Waals surface area (Å²) in [6.07, 6.45) is 6.60. The number of methoxy groups -OCH3 is 1. The Morgan fingerprint density at radius 3 is 2.60 bits per heavy atom. The molecule has 0 spiro atoms. The van der Waals surface area contributed by atoms with Crippen molar-refractivity contribution in [3.8, 4) is 5.75 Å². The lowest BCUT2D eigenvalue weighted by molar-refractivity contribution is 0.415. The number of hydrogen-bond acceptors (Lipinski definition) is 6. The van der Waals surface area contributed by atoms with Crippen molar-refractivity contribution in [2.75, 3.05) is 13.4 Å². The molecule has 0 atom stereocenters. The molecule has 0 saturated heterocycles. The number of imidazole rings is 1. The number of sulfone groups is 1. The summed E-state index contributed by atoms with van der Waals surface area (Å²) < 4.78 is 28.6. The van der Waals surface area contributed by atoms with Gasteiger partial charge in [-0.05, 0) is 41.8 Å². The Labute approximate surface area is 174 Å². The summed E-state index contributed by atoms with van der Waals surface area (Å²) in [5, 5.41) is 7.79. The van der Waals surface area contributed by atoms with Crippen molar-refractivity contribution in [1.82, 2.24) is 9.97 Å². The number of nitrogens with one attached hydrogen (secondary N) is 2. The fourth-order valence-corrected chi connectivity index (χ4v) is 3.90. The topological polar surface area (TPSA) is 108 Å². The Morgan fingerprint density at radius 1 is 1.17 bits per heavy atom. The molecule has 30 heavy (non-hydrogen) atoms. The van der Waals surface area contributed by atoms with E-state index < -0.39 is 9.84 Å². The second-order valence-electron chi connectivity index (χ2n) is 6.89. The van der Waals surface area contributed by atoms with Crippen LogP contribution in [0.3, 0.4) is 0 Å². The molecule has 0 saturated carbocycles. The molecule has 0 unspecified atom stereocenters. The molecule has 7 nitrogen and oxygen atoms in total. The van der Waals surface area contributed by atoms with Gasteiger partial charge in [-0.15, -0.1) is 0 Å². The average molecular weight is 420 g/mol. The maximum absolute atomic E-state index is 11.7. The van der Waals surface area contributed by atoms with Crippen LogP contribution in [0.2, 0.25) is 0 Å². The third-order valence-electron chi connectivity index (χ3n) is 4.91. The van der Waals surface area contributed by atoms with Gasteiger partial charge in [-0.1, -0.05) is 18.2 Å². The first-order valence-corrected chi connectivity index (χ1v) is 11.1. The molecule has 0 aliphatic carbocycles. The zero-order valence-electron chi connectivity index (χ0n) is 16.5. The standard InChI is InChI=1S/C22H20N4O3S/c1-29-16-6-10-19-20(11-16)26-22(25-19)18-9-5-15(13-24-21(18)12-23)14-3-7-17(8-4-14)30(2,27)28/h3-8,10-13,23H,9H2,1-2H3,(H,25,26). The van der Waals surface area contributed by atoms with Gasteiger partial charge in [-0.3, -0.25) is 4.99 Å². The van der Waals surface area contributed by atoms with Crippen molar-refractivity contribution < 1.29 is 13.2 Å². The average Bonchev–Trinajstić information content (AvgIpc) is 3.04. The van der Waals surface area contributed by atoms with Crippen LogP contribution in [0.4, 0.5) is 0 Å². The Hall–Kier alpha value is -3.52. The van der Waals surface area contributed by atoms with Gasteiger partial charge in [0, 0.05) is 30.3 Å². The maximum Gasteiger partial charge on any atom is 0.175 e.